The molecular weight excluding hydrogens is 486 g/mol. The standard InChI is InChI=1S/C32H29N5O2/c1-20-11-16-28(21(2)17-20)36-31(38)29-22(3)35-32-33-19-34-37(32)30(29)24-12-14-26(15-13-24)39-18-25-9-6-8-23-7-4-5-10-27(23)25/h4-17,19,30H,18H2,1-3H3,(H,36,38)(H,33,34,35)/t30-/m0/s1. The van der Waals surface area contributed by atoms with E-state index < -0.39 is 6.04 Å². The summed E-state index contributed by atoms with van der Waals surface area (Å²) in [5.41, 5.74) is 6.30. The Morgan fingerprint density at radius 3 is 2.59 bits per heavy atom. The number of aryl methyl sites for hydroxylation is 2. The number of amides is 1. The third kappa shape index (κ3) is 4.75. The van der Waals surface area contributed by atoms with Crippen LogP contribution in [0.1, 0.15) is 35.2 Å². The molecule has 2 N–H and O–H groups in total. The van der Waals surface area contributed by atoms with Gasteiger partial charge in [-0.25, -0.2) is 4.68 Å². The molecule has 0 fully saturated rings. The van der Waals surface area contributed by atoms with Crippen molar-refractivity contribution < 1.29 is 9.53 Å². The molecule has 7 heteroatoms. The lowest BCUT2D eigenvalue weighted by Gasteiger charge is -2.29. The van der Waals surface area contributed by atoms with Crippen LogP contribution < -0.4 is 15.4 Å². The lowest BCUT2D eigenvalue weighted by molar-refractivity contribution is -0.113. The Bertz CT molecular complexity index is 1710. The first kappa shape index (κ1) is 24.4. The van der Waals surface area contributed by atoms with E-state index in [1.165, 1.54) is 17.1 Å². The van der Waals surface area contributed by atoms with Crippen LogP contribution in [0.5, 0.6) is 5.75 Å². The smallest absolute Gasteiger partial charge is 0.255 e. The second-order valence-corrected chi connectivity index (χ2v) is 9.86. The molecule has 39 heavy (non-hydrogen) atoms. The van der Waals surface area contributed by atoms with Crippen molar-refractivity contribution in [3.8, 4) is 5.75 Å². The molecule has 1 amide bonds. The molecule has 0 bridgehead atoms. The minimum absolute atomic E-state index is 0.186. The Hall–Kier alpha value is -4.91. The number of anilines is 2. The molecule has 0 spiro atoms. The number of ether oxygens (including phenoxy) is 1. The zero-order valence-corrected chi connectivity index (χ0v) is 22.1. The van der Waals surface area contributed by atoms with Gasteiger partial charge in [-0.2, -0.15) is 10.1 Å². The third-order valence-corrected chi connectivity index (χ3v) is 7.14. The molecule has 1 atom stereocenters. The molecule has 1 aliphatic rings. The topological polar surface area (TPSA) is 81.1 Å². The van der Waals surface area contributed by atoms with Gasteiger partial charge in [0.25, 0.3) is 5.91 Å². The van der Waals surface area contributed by atoms with Crippen LogP contribution in [0.15, 0.2) is 103 Å². The summed E-state index contributed by atoms with van der Waals surface area (Å²) in [6.07, 6.45) is 1.50. The monoisotopic (exact) mass is 515 g/mol. The first-order valence-electron chi connectivity index (χ1n) is 12.9. The van der Waals surface area contributed by atoms with Gasteiger partial charge < -0.3 is 15.4 Å². The number of nitrogens with one attached hydrogen (secondary N) is 2. The van der Waals surface area contributed by atoms with Crippen molar-refractivity contribution in [2.75, 3.05) is 10.6 Å². The average Bonchev–Trinajstić information content (AvgIpc) is 3.41. The van der Waals surface area contributed by atoms with Crippen molar-refractivity contribution in [2.45, 2.75) is 33.4 Å². The van der Waals surface area contributed by atoms with Crippen LogP contribution in [0.3, 0.4) is 0 Å². The summed E-state index contributed by atoms with van der Waals surface area (Å²) in [6.45, 7) is 6.38. The number of hydrogen-bond acceptors (Lipinski definition) is 5. The molecule has 194 valence electrons. The fraction of sp³-hybridized carbons (Fsp3) is 0.156. The van der Waals surface area contributed by atoms with Crippen LogP contribution in [0, 0.1) is 13.8 Å². The molecule has 6 rings (SSSR count). The number of carbonyl (C=O) groups excluding carboxylic acids is 1. The fourth-order valence-corrected chi connectivity index (χ4v) is 5.16. The van der Waals surface area contributed by atoms with Crippen LogP contribution in [0.2, 0.25) is 0 Å². The van der Waals surface area contributed by atoms with E-state index in [4.69, 9.17) is 4.74 Å². The van der Waals surface area contributed by atoms with Gasteiger partial charge in [-0.1, -0.05) is 72.3 Å². The van der Waals surface area contributed by atoms with Gasteiger partial charge >= 0.3 is 0 Å². The lowest BCUT2D eigenvalue weighted by atomic mass is 9.94. The molecule has 1 aromatic heterocycles. The third-order valence-electron chi connectivity index (χ3n) is 7.14. The van der Waals surface area contributed by atoms with E-state index in [0.717, 1.165) is 39.4 Å². The number of hydrogen-bond donors (Lipinski definition) is 2. The van der Waals surface area contributed by atoms with Gasteiger partial charge in [-0.05, 0) is 66.4 Å². The molecule has 0 unspecified atom stereocenters. The van der Waals surface area contributed by atoms with Crippen LogP contribution >= 0.6 is 0 Å². The summed E-state index contributed by atoms with van der Waals surface area (Å²) in [7, 11) is 0. The summed E-state index contributed by atoms with van der Waals surface area (Å²) in [4.78, 5) is 18.0. The minimum atomic E-state index is -0.443. The van der Waals surface area contributed by atoms with E-state index in [0.29, 0.717) is 18.1 Å². The van der Waals surface area contributed by atoms with Gasteiger partial charge in [-0.3, -0.25) is 4.79 Å². The first-order valence-corrected chi connectivity index (χ1v) is 12.9. The molecule has 7 nitrogen and oxygen atoms in total. The number of carbonyl (C=O) groups is 1. The number of allylic oxidation sites excluding steroid dienone is 1. The van der Waals surface area contributed by atoms with E-state index in [9.17, 15) is 4.79 Å². The summed E-state index contributed by atoms with van der Waals surface area (Å²) in [5, 5.41) is 13.1. The summed E-state index contributed by atoms with van der Waals surface area (Å²) in [6, 6.07) is 27.9. The Morgan fingerprint density at radius 1 is 0.974 bits per heavy atom. The predicted molar refractivity (Wildman–Crippen MR) is 154 cm³/mol. The molecule has 1 aliphatic heterocycles. The fourth-order valence-electron chi connectivity index (χ4n) is 5.16. The number of fused-ring (bicyclic) bond motifs is 2. The maximum absolute atomic E-state index is 13.7. The summed E-state index contributed by atoms with van der Waals surface area (Å²) >= 11 is 0. The quantitative estimate of drug-likeness (QED) is 0.268. The van der Waals surface area contributed by atoms with Crippen molar-refractivity contribution in [2.24, 2.45) is 0 Å². The first-order chi connectivity index (χ1) is 19.0. The summed E-state index contributed by atoms with van der Waals surface area (Å²) in [5.74, 6) is 1.16. The molecular formula is C32H29N5O2. The maximum Gasteiger partial charge on any atom is 0.255 e. The van der Waals surface area contributed by atoms with Gasteiger partial charge in [0.1, 0.15) is 24.7 Å². The van der Waals surface area contributed by atoms with E-state index in [1.54, 1.807) is 4.68 Å². The highest BCUT2D eigenvalue weighted by Crippen LogP contribution is 2.36. The normalized spacial score (nSPS) is 14.6. The maximum atomic E-state index is 13.7. The zero-order chi connectivity index (χ0) is 26.9. The van der Waals surface area contributed by atoms with Crippen LogP contribution in [0.4, 0.5) is 11.6 Å². The van der Waals surface area contributed by atoms with Crippen molar-refractivity contribution >= 4 is 28.3 Å². The van der Waals surface area contributed by atoms with Crippen molar-refractivity contribution in [1.82, 2.24) is 14.8 Å². The van der Waals surface area contributed by atoms with Crippen molar-refractivity contribution in [1.29, 1.82) is 0 Å². The highest BCUT2D eigenvalue weighted by molar-refractivity contribution is 6.06. The summed E-state index contributed by atoms with van der Waals surface area (Å²) < 4.78 is 7.90. The van der Waals surface area contributed by atoms with Crippen LogP contribution in [0.25, 0.3) is 10.8 Å². The van der Waals surface area contributed by atoms with Crippen molar-refractivity contribution in [3.05, 3.63) is 125 Å². The van der Waals surface area contributed by atoms with Gasteiger partial charge in [0.15, 0.2) is 0 Å². The largest absolute Gasteiger partial charge is 0.489 e. The van der Waals surface area contributed by atoms with Gasteiger partial charge in [0.05, 0.1) is 5.57 Å². The van der Waals surface area contributed by atoms with Crippen LogP contribution in [-0.4, -0.2) is 20.7 Å². The molecule has 0 aliphatic carbocycles. The van der Waals surface area contributed by atoms with Crippen LogP contribution in [-0.2, 0) is 11.4 Å². The zero-order valence-electron chi connectivity index (χ0n) is 22.1. The highest BCUT2D eigenvalue weighted by atomic mass is 16.5. The molecule has 4 aromatic carbocycles. The highest BCUT2D eigenvalue weighted by Gasteiger charge is 2.33. The van der Waals surface area contributed by atoms with Gasteiger partial charge in [0, 0.05) is 11.4 Å². The van der Waals surface area contributed by atoms with Crippen molar-refractivity contribution in [3.63, 3.8) is 0 Å². The number of nitrogens with zero attached hydrogens (tertiary/aromatic N) is 3. The van der Waals surface area contributed by atoms with Gasteiger partial charge in [0.2, 0.25) is 5.95 Å². The number of benzene rings is 4. The Balaban J connectivity index is 1.27. The number of aromatic nitrogens is 3. The SMILES string of the molecule is CC1=C(C(=O)Nc2ccc(C)cc2C)[C@H](c2ccc(OCc3cccc4ccccc34)cc2)n2ncnc2N1. The van der Waals surface area contributed by atoms with E-state index in [2.05, 4.69) is 57.1 Å². The second kappa shape index (κ2) is 10.1. The molecule has 0 radical (unpaired) electrons. The second-order valence-electron chi connectivity index (χ2n) is 9.86. The Kier molecular flexibility index (Phi) is 6.32. The lowest BCUT2D eigenvalue weighted by Crippen LogP contribution is -2.31. The Labute approximate surface area is 227 Å². The number of rotatable bonds is 6. The van der Waals surface area contributed by atoms with E-state index in [1.807, 2.05) is 69.3 Å². The molecule has 5 aromatic rings. The van der Waals surface area contributed by atoms with Gasteiger partial charge in [-0.15, -0.1) is 0 Å². The molecule has 0 saturated carbocycles. The molecule has 0 saturated heterocycles. The van der Waals surface area contributed by atoms with E-state index in [-0.39, 0.29) is 5.91 Å². The van der Waals surface area contributed by atoms with E-state index >= 15 is 0 Å². The average molecular weight is 516 g/mol. The Morgan fingerprint density at radius 2 is 1.77 bits per heavy atom. The predicted octanol–water partition coefficient (Wildman–Crippen LogP) is 6.55. The minimum Gasteiger partial charge on any atom is -0.489 e. The molecule has 2 heterocycles.